The molecule has 2 rings (SSSR count). The van der Waals surface area contributed by atoms with Gasteiger partial charge in [-0.15, -0.1) is 0 Å². The van der Waals surface area contributed by atoms with Crippen LogP contribution in [0.3, 0.4) is 0 Å². The molecule has 0 N–H and O–H groups in total. The van der Waals surface area contributed by atoms with E-state index in [1.807, 2.05) is 0 Å². The van der Waals surface area contributed by atoms with Gasteiger partial charge in [-0.2, -0.15) is 0 Å². The Bertz CT molecular complexity index is 480. The quantitative estimate of drug-likeness (QED) is 0.611. The van der Waals surface area contributed by atoms with Crippen LogP contribution in [0.15, 0.2) is 0 Å². The molecule has 0 aromatic carbocycles. The smallest absolute Gasteiger partial charge is 0.156 e. The number of hydrogen-bond acceptors (Lipinski definition) is 5. The van der Waals surface area contributed by atoms with Gasteiger partial charge in [0.1, 0.15) is 16.8 Å². The maximum Gasteiger partial charge on any atom is 0.156 e. The summed E-state index contributed by atoms with van der Waals surface area (Å²) in [6.07, 6.45) is 1.79. The van der Waals surface area contributed by atoms with Gasteiger partial charge in [-0.3, -0.25) is 4.79 Å². The highest BCUT2D eigenvalue weighted by atomic mass is 35.5. The fourth-order valence-corrected chi connectivity index (χ4v) is 2.79. The Kier molecular flexibility index (Phi) is 4.37. The summed E-state index contributed by atoms with van der Waals surface area (Å²) in [5.74, 6) is 1.26. The molecule has 0 amide bonds. The maximum atomic E-state index is 11.3. The summed E-state index contributed by atoms with van der Waals surface area (Å²) >= 11 is 6.05. The van der Waals surface area contributed by atoms with Crippen LogP contribution in [0.1, 0.15) is 29.5 Å². The Hall–Kier alpha value is -1.20. The molecule has 5 nitrogen and oxygen atoms in total. The van der Waals surface area contributed by atoms with Gasteiger partial charge >= 0.3 is 0 Å². The molecule has 1 aliphatic heterocycles. The highest BCUT2D eigenvalue weighted by molar-refractivity contribution is 6.32. The second-order valence-electron chi connectivity index (χ2n) is 5.07. The van der Waals surface area contributed by atoms with Crippen molar-refractivity contribution in [3.05, 3.63) is 16.5 Å². The maximum absolute atomic E-state index is 11.3. The molecule has 6 heteroatoms. The fraction of sp³-hybridized carbons (Fsp3) is 0.615. The SMILES string of the molecule is Cc1nc(Cl)c(C=O)c(N2CCCN(C)CC2C)n1. The molecular weight excluding hydrogens is 264 g/mol. The molecule has 1 aliphatic rings. The van der Waals surface area contributed by atoms with Crippen molar-refractivity contribution in [2.24, 2.45) is 0 Å². The third kappa shape index (κ3) is 3.04. The highest BCUT2D eigenvalue weighted by Crippen LogP contribution is 2.25. The second-order valence-corrected chi connectivity index (χ2v) is 5.43. The first-order chi connectivity index (χ1) is 9.02. The number of anilines is 1. The molecule has 0 saturated carbocycles. The number of aromatic nitrogens is 2. The second kappa shape index (κ2) is 5.84. The lowest BCUT2D eigenvalue weighted by Gasteiger charge is -2.30. The minimum atomic E-state index is 0.238. The van der Waals surface area contributed by atoms with Crippen LogP contribution in [0, 0.1) is 6.92 Å². The van der Waals surface area contributed by atoms with Gasteiger partial charge in [0.2, 0.25) is 0 Å². The zero-order valence-electron chi connectivity index (χ0n) is 11.6. The molecule has 19 heavy (non-hydrogen) atoms. The number of likely N-dealkylation sites (N-methyl/N-ethyl adjacent to an activating group) is 1. The van der Waals surface area contributed by atoms with Crippen molar-refractivity contribution in [1.29, 1.82) is 0 Å². The number of nitrogens with zero attached hydrogens (tertiary/aromatic N) is 4. The lowest BCUT2D eigenvalue weighted by atomic mass is 10.2. The molecule has 0 radical (unpaired) electrons. The van der Waals surface area contributed by atoms with E-state index in [0.29, 0.717) is 17.2 Å². The third-order valence-corrected chi connectivity index (χ3v) is 3.72. The molecule has 1 aromatic rings. The number of carbonyl (C=O) groups is 1. The monoisotopic (exact) mass is 282 g/mol. The van der Waals surface area contributed by atoms with Crippen molar-refractivity contribution in [3.63, 3.8) is 0 Å². The van der Waals surface area contributed by atoms with Gasteiger partial charge in [-0.1, -0.05) is 11.6 Å². The lowest BCUT2D eigenvalue weighted by molar-refractivity contribution is 0.112. The molecule has 1 atom stereocenters. The topological polar surface area (TPSA) is 49.3 Å². The van der Waals surface area contributed by atoms with E-state index in [1.165, 1.54) is 0 Å². The molecule has 104 valence electrons. The van der Waals surface area contributed by atoms with E-state index in [2.05, 4.69) is 33.7 Å². The van der Waals surface area contributed by atoms with Crippen molar-refractivity contribution >= 4 is 23.7 Å². The zero-order chi connectivity index (χ0) is 14.0. The first-order valence-electron chi connectivity index (χ1n) is 6.47. The van der Waals surface area contributed by atoms with Gasteiger partial charge in [-0.05, 0) is 33.9 Å². The Labute approximate surface area is 118 Å². The Morgan fingerprint density at radius 2 is 2.11 bits per heavy atom. The molecule has 1 aromatic heterocycles. The molecule has 0 aliphatic carbocycles. The van der Waals surface area contributed by atoms with Crippen molar-refractivity contribution in [3.8, 4) is 0 Å². The van der Waals surface area contributed by atoms with Crippen LogP contribution in [-0.4, -0.2) is 53.9 Å². The third-order valence-electron chi connectivity index (χ3n) is 3.43. The van der Waals surface area contributed by atoms with Crippen LogP contribution >= 0.6 is 11.6 Å². The Balaban J connectivity index is 2.42. The molecule has 1 unspecified atom stereocenters. The van der Waals surface area contributed by atoms with Crippen molar-refractivity contribution in [2.45, 2.75) is 26.3 Å². The van der Waals surface area contributed by atoms with Crippen LogP contribution < -0.4 is 4.90 Å². The van der Waals surface area contributed by atoms with Crippen LogP contribution in [0.25, 0.3) is 0 Å². The summed E-state index contributed by atoms with van der Waals surface area (Å²) in [5.41, 5.74) is 0.392. The molecule has 2 heterocycles. The van der Waals surface area contributed by atoms with E-state index in [4.69, 9.17) is 11.6 Å². The first kappa shape index (κ1) is 14.2. The van der Waals surface area contributed by atoms with E-state index in [-0.39, 0.29) is 11.2 Å². The van der Waals surface area contributed by atoms with Gasteiger partial charge in [-0.25, -0.2) is 9.97 Å². The van der Waals surface area contributed by atoms with Gasteiger partial charge in [0, 0.05) is 19.1 Å². The first-order valence-corrected chi connectivity index (χ1v) is 6.85. The van der Waals surface area contributed by atoms with E-state index in [0.717, 1.165) is 32.3 Å². The Morgan fingerprint density at radius 1 is 1.37 bits per heavy atom. The average Bonchev–Trinajstić information content (AvgIpc) is 2.49. The number of rotatable bonds is 2. The van der Waals surface area contributed by atoms with Crippen molar-refractivity contribution in [2.75, 3.05) is 31.6 Å². The van der Waals surface area contributed by atoms with Gasteiger partial charge in [0.15, 0.2) is 6.29 Å². The normalized spacial score (nSPS) is 21.3. The number of aldehydes is 1. The van der Waals surface area contributed by atoms with E-state index < -0.39 is 0 Å². The molecule has 1 saturated heterocycles. The summed E-state index contributed by atoms with van der Waals surface area (Å²) in [6, 6.07) is 0.288. The largest absolute Gasteiger partial charge is 0.352 e. The molecule has 0 spiro atoms. The number of hydrogen-bond donors (Lipinski definition) is 0. The van der Waals surface area contributed by atoms with Gasteiger partial charge in [0.05, 0.1) is 5.56 Å². The van der Waals surface area contributed by atoms with Crippen LogP contribution in [0.4, 0.5) is 5.82 Å². The summed E-state index contributed by atoms with van der Waals surface area (Å²) in [6.45, 7) is 6.80. The van der Waals surface area contributed by atoms with Crippen LogP contribution in [0.2, 0.25) is 5.15 Å². The summed E-state index contributed by atoms with van der Waals surface area (Å²) in [7, 11) is 2.11. The van der Waals surface area contributed by atoms with Crippen molar-refractivity contribution in [1.82, 2.24) is 14.9 Å². The highest BCUT2D eigenvalue weighted by Gasteiger charge is 2.24. The predicted molar refractivity (Wildman–Crippen MR) is 76.1 cm³/mol. The predicted octanol–water partition coefficient (Wildman–Crippen LogP) is 1.78. The average molecular weight is 283 g/mol. The van der Waals surface area contributed by atoms with Crippen molar-refractivity contribution < 1.29 is 4.79 Å². The minimum Gasteiger partial charge on any atom is -0.352 e. The zero-order valence-corrected chi connectivity index (χ0v) is 12.3. The number of halogens is 1. The molecular formula is C13H19ClN4O. The summed E-state index contributed by atoms with van der Waals surface area (Å²) in [5, 5.41) is 0.238. The Morgan fingerprint density at radius 3 is 2.79 bits per heavy atom. The van der Waals surface area contributed by atoms with E-state index >= 15 is 0 Å². The lowest BCUT2D eigenvalue weighted by Crippen LogP contribution is -2.39. The fourth-order valence-electron chi connectivity index (χ4n) is 2.54. The summed E-state index contributed by atoms with van der Waals surface area (Å²) in [4.78, 5) is 24.2. The van der Waals surface area contributed by atoms with E-state index in [1.54, 1.807) is 6.92 Å². The summed E-state index contributed by atoms with van der Waals surface area (Å²) < 4.78 is 0. The van der Waals surface area contributed by atoms with Gasteiger partial charge in [0.25, 0.3) is 0 Å². The molecule has 0 bridgehead atoms. The number of aryl methyl sites for hydroxylation is 1. The molecule has 1 fully saturated rings. The van der Waals surface area contributed by atoms with Crippen LogP contribution in [0.5, 0.6) is 0 Å². The van der Waals surface area contributed by atoms with Crippen LogP contribution in [-0.2, 0) is 0 Å². The standard InChI is InChI=1S/C13H19ClN4O/c1-9-7-17(3)5-4-6-18(9)13-11(8-19)12(14)15-10(2)16-13/h8-9H,4-7H2,1-3H3. The minimum absolute atomic E-state index is 0.238. The van der Waals surface area contributed by atoms with Gasteiger partial charge < -0.3 is 9.80 Å². The number of carbonyl (C=O) groups excluding carboxylic acids is 1. The van der Waals surface area contributed by atoms with E-state index in [9.17, 15) is 4.79 Å².